The molecule has 3 atom stereocenters. The molecule has 1 saturated heterocycles. The summed E-state index contributed by atoms with van der Waals surface area (Å²) in [6.45, 7) is 4.98. The molecule has 2 fully saturated rings. The lowest BCUT2D eigenvalue weighted by Crippen LogP contribution is -2.49. The number of carbonyl (C=O) groups excluding carboxylic acids is 2. The van der Waals surface area contributed by atoms with Gasteiger partial charge in [0.15, 0.2) is 0 Å². The minimum atomic E-state index is -0.818. The van der Waals surface area contributed by atoms with Gasteiger partial charge in [0.05, 0.1) is 5.69 Å². The predicted octanol–water partition coefficient (Wildman–Crippen LogP) is 2.24. The predicted molar refractivity (Wildman–Crippen MR) is 117 cm³/mol. The van der Waals surface area contributed by atoms with E-state index in [1.165, 1.54) is 24.2 Å². The number of aryl methyl sites for hydroxylation is 2. The van der Waals surface area contributed by atoms with Gasteiger partial charge in [0.1, 0.15) is 24.2 Å². The van der Waals surface area contributed by atoms with Gasteiger partial charge >= 0.3 is 0 Å². The summed E-state index contributed by atoms with van der Waals surface area (Å²) in [6.07, 6.45) is 5.35. The molecule has 3 heterocycles. The van der Waals surface area contributed by atoms with Crippen molar-refractivity contribution in [3.8, 4) is 5.75 Å². The molecule has 8 nitrogen and oxygen atoms in total. The van der Waals surface area contributed by atoms with Crippen molar-refractivity contribution in [2.75, 3.05) is 30.0 Å². The first-order valence-corrected chi connectivity index (χ1v) is 10.8. The molecule has 0 radical (unpaired) electrons. The summed E-state index contributed by atoms with van der Waals surface area (Å²) >= 11 is 0. The number of piperidine rings is 1. The molecule has 5 rings (SSSR count). The molecule has 2 aromatic rings. The molecule has 2 aliphatic heterocycles. The Morgan fingerprint density at radius 2 is 2.10 bits per heavy atom. The lowest BCUT2D eigenvalue weighted by Gasteiger charge is -2.29. The average molecular weight is 422 g/mol. The first kappa shape index (κ1) is 19.8. The second-order valence-electron chi connectivity index (χ2n) is 8.89. The van der Waals surface area contributed by atoms with Gasteiger partial charge in [-0.2, -0.15) is 0 Å². The van der Waals surface area contributed by atoms with E-state index < -0.39 is 11.9 Å². The van der Waals surface area contributed by atoms with E-state index >= 15 is 0 Å². The number of amides is 2. The first-order valence-electron chi connectivity index (χ1n) is 10.8. The lowest BCUT2D eigenvalue weighted by molar-refractivity contribution is -0.120. The Hall–Kier alpha value is -3.16. The summed E-state index contributed by atoms with van der Waals surface area (Å²) in [4.78, 5) is 38.6. The Morgan fingerprint density at radius 3 is 2.84 bits per heavy atom. The van der Waals surface area contributed by atoms with Gasteiger partial charge in [0, 0.05) is 31.4 Å². The van der Waals surface area contributed by atoms with E-state index in [1.54, 1.807) is 13.2 Å². The maximum atomic E-state index is 13.0. The van der Waals surface area contributed by atoms with Crippen molar-refractivity contribution in [3.05, 3.63) is 41.3 Å². The van der Waals surface area contributed by atoms with Crippen LogP contribution in [0.2, 0.25) is 0 Å². The number of hydrogen-bond donors (Lipinski definition) is 1. The fourth-order valence-electron chi connectivity index (χ4n) is 4.95. The zero-order chi connectivity index (χ0) is 21.7. The van der Waals surface area contributed by atoms with E-state index in [4.69, 9.17) is 4.74 Å². The van der Waals surface area contributed by atoms with Crippen molar-refractivity contribution in [2.45, 2.75) is 45.2 Å². The number of nitrogens with zero attached hydrogens (tertiary/aromatic N) is 4. The molecule has 31 heavy (non-hydrogen) atoms. The second-order valence-corrected chi connectivity index (χ2v) is 8.89. The van der Waals surface area contributed by atoms with Crippen LogP contribution in [0.3, 0.4) is 0 Å². The highest BCUT2D eigenvalue weighted by atomic mass is 16.5. The van der Waals surface area contributed by atoms with Crippen molar-refractivity contribution < 1.29 is 14.3 Å². The van der Waals surface area contributed by atoms with Gasteiger partial charge < -0.3 is 19.9 Å². The highest BCUT2D eigenvalue weighted by Gasteiger charge is 2.39. The first-order chi connectivity index (χ1) is 14.9. The molecule has 1 aliphatic carbocycles. The van der Waals surface area contributed by atoms with Gasteiger partial charge in [0.25, 0.3) is 11.8 Å². The molecule has 1 N–H and O–H groups in total. The van der Waals surface area contributed by atoms with Crippen molar-refractivity contribution in [2.24, 2.45) is 5.92 Å². The van der Waals surface area contributed by atoms with Crippen molar-refractivity contribution in [3.63, 3.8) is 0 Å². The van der Waals surface area contributed by atoms with Gasteiger partial charge in [0.2, 0.25) is 5.82 Å². The van der Waals surface area contributed by atoms with Gasteiger partial charge in [-0.3, -0.25) is 9.59 Å². The van der Waals surface area contributed by atoms with Crippen LogP contribution >= 0.6 is 0 Å². The molecule has 8 heteroatoms. The van der Waals surface area contributed by atoms with Crippen LogP contribution in [-0.2, 0) is 4.79 Å². The smallest absolute Gasteiger partial charge is 0.289 e. The Bertz CT molecular complexity index is 1060. The number of rotatable bonds is 3. The van der Waals surface area contributed by atoms with Crippen LogP contribution in [0.1, 0.15) is 41.0 Å². The quantitative estimate of drug-likeness (QED) is 0.818. The monoisotopic (exact) mass is 421 g/mol. The molecule has 2 bridgehead atoms. The zero-order valence-electron chi connectivity index (χ0n) is 18.1. The standard InChI is InChI=1S/C23H27N5O3/c1-13-4-7-18-19(8-13)31-12-17(23(30)27(18)3)25-22(29)20-24-10-14(2)21(26-20)28-11-15-5-6-16(28)9-15/h4,7-8,10,15-17H,5-6,9,11-12H2,1-3H3,(H,25,29). The Morgan fingerprint density at radius 1 is 1.26 bits per heavy atom. The van der Waals surface area contributed by atoms with E-state index in [-0.39, 0.29) is 18.3 Å². The number of ether oxygens (including phenoxy) is 1. The Labute approximate surface area is 181 Å². The molecule has 3 unspecified atom stereocenters. The molecule has 2 amide bonds. The third-order valence-electron chi connectivity index (χ3n) is 6.65. The topological polar surface area (TPSA) is 87.7 Å². The number of fused-ring (bicyclic) bond motifs is 3. The van der Waals surface area contributed by atoms with Gasteiger partial charge in [-0.05, 0) is 56.7 Å². The Balaban J connectivity index is 1.34. The minimum Gasteiger partial charge on any atom is -0.489 e. The highest BCUT2D eigenvalue weighted by molar-refractivity contribution is 6.02. The van der Waals surface area contributed by atoms with Crippen LogP contribution < -0.4 is 19.9 Å². The fourth-order valence-corrected chi connectivity index (χ4v) is 4.95. The van der Waals surface area contributed by atoms with Crippen molar-refractivity contribution >= 4 is 23.3 Å². The summed E-state index contributed by atoms with van der Waals surface area (Å²) in [7, 11) is 1.69. The van der Waals surface area contributed by atoms with E-state index in [1.807, 2.05) is 32.0 Å². The van der Waals surface area contributed by atoms with Crippen molar-refractivity contribution in [1.29, 1.82) is 0 Å². The molecule has 3 aliphatic rings. The number of anilines is 2. The summed E-state index contributed by atoms with van der Waals surface area (Å²) in [5.74, 6) is 1.55. The molecular weight excluding hydrogens is 394 g/mol. The minimum absolute atomic E-state index is 0.0555. The summed E-state index contributed by atoms with van der Waals surface area (Å²) in [5, 5.41) is 2.78. The largest absolute Gasteiger partial charge is 0.489 e. The molecular formula is C23H27N5O3. The van der Waals surface area contributed by atoms with Crippen LogP contribution in [0.15, 0.2) is 24.4 Å². The third-order valence-corrected chi connectivity index (χ3v) is 6.65. The maximum absolute atomic E-state index is 13.0. The molecule has 0 spiro atoms. The second kappa shape index (κ2) is 7.51. The molecule has 162 valence electrons. The number of likely N-dealkylation sites (N-methyl/N-ethyl adjacent to an activating group) is 1. The summed E-state index contributed by atoms with van der Waals surface area (Å²) in [5.41, 5.74) is 2.69. The number of aromatic nitrogens is 2. The normalized spacial score (nSPS) is 24.6. The average Bonchev–Trinajstić information content (AvgIpc) is 3.37. The SMILES string of the molecule is Cc1ccc2c(c1)OCC(NC(=O)c1ncc(C)c(N3CC4CCC3C4)n1)C(=O)N2C. The van der Waals surface area contributed by atoms with Crippen LogP contribution in [-0.4, -0.2) is 54.1 Å². The number of nitrogens with one attached hydrogen (secondary N) is 1. The third kappa shape index (κ3) is 3.49. The number of hydrogen-bond acceptors (Lipinski definition) is 6. The van der Waals surface area contributed by atoms with Crippen LogP contribution in [0.5, 0.6) is 5.75 Å². The lowest BCUT2D eigenvalue weighted by atomic mass is 10.1. The number of carbonyl (C=O) groups is 2. The van der Waals surface area contributed by atoms with Crippen LogP contribution in [0.25, 0.3) is 0 Å². The molecule has 1 aromatic heterocycles. The van der Waals surface area contributed by atoms with E-state index in [9.17, 15) is 9.59 Å². The van der Waals surface area contributed by atoms with E-state index in [2.05, 4.69) is 20.2 Å². The Kier molecular flexibility index (Phi) is 4.79. The van der Waals surface area contributed by atoms with Gasteiger partial charge in [-0.1, -0.05) is 6.07 Å². The van der Waals surface area contributed by atoms with E-state index in [0.29, 0.717) is 17.5 Å². The number of benzene rings is 1. The summed E-state index contributed by atoms with van der Waals surface area (Å²) < 4.78 is 5.85. The summed E-state index contributed by atoms with van der Waals surface area (Å²) in [6, 6.07) is 5.36. The molecule has 1 saturated carbocycles. The van der Waals surface area contributed by atoms with Gasteiger partial charge in [-0.15, -0.1) is 0 Å². The highest BCUT2D eigenvalue weighted by Crippen LogP contribution is 2.40. The van der Waals surface area contributed by atoms with Crippen LogP contribution in [0.4, 0.5) is 11.5 Å². The zero-order valence-corrected chi connectivity index (χ0v) is 18.1. The molecule has 1 aromatic carbocycles. The fraction of sp³-hybridized carbons (Fsp3) is 0.478. The van der Waals surface area contributed by atoms with E-state index in [0.717, 1.165) is 29.4 Å². The maximum Gasteiger partial charge on any atom is 0.289 e. The van der Waals surface area contributed by atoms with Crippen molar-refractivity contribution in [1.82, 2.24) is 15.3 Å². The van der Waals surface area contributed by atoms with Gasteiger partial charge in [-0.25, -0.2) is 9.97 Å². The van der Waals surface area contributed by atoms with Crippen LogP contribution in [0, 0.1) is 19.8 Å².